The Balaban J connectivity index is 0.00000192. The van der Waals surface area contributed by atoms with E-state index in [2.05, 4.69) is 31.9 Å². The lowest BCUT2D eigenvalue weighted by Gasteiger charge is -2.05. The van der Waals surface area contributed by atoms with E-state index in [1.54, 1.807) is 22.6 Å². The highest BCUT2D eigenvalue weighted by Crippen LogP contribution is 2.17. The summed E-state index contributed by atoms with van der Waals surface area (Å²) in [6, 6.07) is 13.9. The Morgan fingerprint density at radius 3 is 2.74 bits per heavy atom. The van der Waals surface area contributed by atoms with E-state index in [1.807, 2.05) is 42.6 Å². The highest BCUT2D eigenvalue weighted by molar-refractivity contribution is 7.99. The van der Waals surface area contributed by atoms with E-state index in [-0.39, 0.29) is 12.4 Å². The second-order valence-electron chi connectivity index (χ2n) is 4.60. The van der Waals surface area contributed by atoms with Crippen LogP contribution in [0.5, 0.6) is 0 Å². The Bertz CT molecular complexity index is 691. The summed E-state index contributed by atoms with van der Waals surface area (Å²) in [7, 11) is 0. The molecule has 0 unspecified atom stereocenters. The van der Waals surface area contributed by atoms with Gasteiger partial charge in [-0.3, -0.25) is 4.98 Å². The van der Waals surface area contributed by atoms with Crippen molar-refractivity contribution < 1.29 is 12.4 Å². The highest BCUT2D eigenvalue weighted by Gasteiger charge is 2.07. The predicted octanol–water partition coefficient (Wildman–Crippen LogP) is -1.06. The van der Waals surface area contributed by atoms with Crippen molar-refractivity contribution in [3.63, 3.8) is 0 Å². The van der Waals surface area contributed by atoms with Gasteiger partial charge in [0.2, 0.25) is 5.16 Å². The van der Waals surface area contributed by atoms with Crippen LogP contribution in [0.25, 0.3) is 5.69 Å². The molecule has 2 aromatic heterocycles. The van der Waals surface area contributed by atoms with Gasteiger partial charge < -0.3 is 17.7 Å². The number of benzene rings is 1. The first-order valence-electron chi connectivity index (χ1n) is 7.00. The zero-order valence-corrected chi connectivity index (χ0v) is 13.9. The summed E-state index contributed by atoms with van der Waals surface area (Å²) in [5, 5.41) is 16.1. The fourth-order valence-corrected chi connectivity index (χ4v) is 2.74. The van der Waals surface area contributed by atoms with E-state index in [1.165, 1.54) is 5.56 Å². The molecule has 3 aromatic rings. The number of para-hydroxylation sites is 1. The quantitative estimate of drug-likeness (QED) is 0.434. The van der Waals surface area contributed by atoms with E-state index >= 15 is 0 Å². The van der Waals surface area contributed by atoms with Gasteiger partial charge in [-0.05, 0) is 34.2 Å². The van der Waals surface area contributed by atoms with Gasteiger partial charge in [0, 0.05) is 31.2 Å². The minimum atomic E-state index is 0. The minimum absolute atomic E-state index is 0. The first-order chi connectivity index (χ1) is 10.9. The number of pyridine rings is 1. The Hall–Kier alpha value is -1.96. The summed E-state index contributed by atoms with van der Waals surface area (Å²) >= 11 is 1.63. The summed E-state index contributed by atoms with van der Waals surface area (Å²) < 4.78 is 1.76. The zero-order valence-electron chi connectivity index (χ0n) is 12.3. The van der Waals surface area contributed by atoms with Crippen LogP contribution in [0.1, 0.15) is 5.56 Å². The summed E-state index contributed by atoms with van der Waals surface area (Å²) in [6.45, 7) is 1.69. The average molecular weight is 348 g/mol. The van der Waals surface area contributed by atoms with Gasteiger partial charge in [0.15, 0.2) is 0 Å². The second kappa shape index (κ2) is 9.24. The van der Waals surface area contributed by atoms with Gasteiger partial charge in [0.05, 0.1) is 5.69 Å². The molecule has 0 saturated carbocycles. The minimum Gasteiger partial charge on any atom is -1.00 e. The number of nitrogens with one attached hydrogen (secondary N) is 1. The van der Waals surface area contributed by atoms with Crippen molar-refractivity contribution in [2.24, 2.45) is 0 Å². The molecule has 2 heterocycles. The van der Waals surface area contributed by atoms with Gasteiger partial charge in [-0.15, -0.1) is 5.10 Å². The largest absolute Gasteiger partial charge is 1.00 e. The van der Waals surface area contributed by atoms with E-state index < -0.39 is 0 Å². The number of halogens is 1. The van der Waals surface area contributed by atoms with Crippen LogP contribution in [0.4, 0.5) is 0 Å². The van der Waals surface area contributed by atoms with E-state index in [9.17, 15) is 0 Å². The molecule has 3 rings (SSSR count). The van der Waals surface area contributed by atoms with Crippen LogP contribution >= 0.6 is 11.8 Å². The molecule has 120 valence electrons. The van der Waals surface area contributed by atoms with Gasteiger partial charge in [-0.25, -0.2) is 0 Å². The molecule has 1 aromatic carbocycles. The molecule has 0 fully saturated rings. The fraction of sp³-hybridized carbons (Fsp3) is 0.200. The SMILES string of the molecule is [Cl-].c1ccc(-n2nnnc2SCCNCc2cccnc2)cc1. The predicted molar refractivity (Wildman–Crippen MR) is 85.8 cm³/mol. The Morgan fingerprint density at radius 1 is 1.09 bits per heavy atom. The topological polar surface area (TPSA) is 68.5 Å². The van der Waals surface area contributed by atoms with Crippen molar-refractivity contribution in [3.05, 3.63) is 60.4 Å². The molecule has 0 saturated heterocycles. The molecule has 8 heteroatoms. The lowest BCUT2D eigenvalue weighted by molar-refractivity contribution is -0.00000462. The summed E-state index contributed by atoms with van der Waals surface area (Å²) in [5.41, 5.74) is 2.15. The molecule has 0 aliphatic heterocycles. The third kappa shape index (κ3) is 5.02. The number of thioether (sulfide) groups is 1. The highest BCUT2D eigenvalue weighted by atomic mass is 35.5. The summed E-state index contributed by atoms with van der Waals surface area (Å²) in [6.07, 6.45) is 3.65. The van der Waals surface area contributed by atoms with Gasteiger partial charge >= 0.3 is 0 Å². The van der Waals surface area contributed by atoms with Crippen LogP contribution < -0.4 is 17.7 Å². The van der Waals surface area contributed by atoms with Gasteiger partial charge in [-0.2, -0.15) is 4.68 Å². The second-order valence-corrected chi connectivity index (χ2v) is 5.66. The normalized spacial score (nSPS) is 10.3. The summed E-state index contributed by atoms with van der Waals surface area (Å²) in [4.78, 5) is 4.09. The van der Waals surface area contributed by atoms with Gasteiger partial charge in [-0.1, -0.05) is 36.0 Å². The maximum Gasteiger partial charge on any atom is 0.214 e. The molecule has 0 aliphatic rings. The van der Waals surface area contributed by atoms with E-state index in [0.29, 0.717) is 0 Å². The number of aromatic nitrogens is 5. The van der Waals surface area contributed by atoms with E-state index in [4.69, 9.17) is 0 Å². The van der Waals surface area contributed by atoms with Crippen molar-refractivity contribution in [1.29, 1.82) is 0 Å². The van der Waals surface area contributed by atoms with Crippen LogP contribution in [-0.4, -0.2) is 37.5 Å². The lowest BCUT2D eigenvalue weighted by atomic mass is 10.3. The fourth-order valence-electron chi connectivity index (χ4n) is 1.95. The first kappa shape index (κ1) is 17.4. The zero-order chi connectivity index (χ0) is 15.0. The number of rotatable bonds is 7. The Morgan fingerprint density at radius 2 is 1.96 bits per heavy atom. The molecule has 0 amide bonds. The standard InChI is InChI=1S/C15H16N6S.ClH/c1-2-6-14(7-3-1)21-15(18-19-20-21)22-10-9-17-12-13-5-4-8-16-11-13;/h1-8,11,17H,9-10,12H2;1H/p-1. The van der Waals surface area contributed by atoms with E-state index in [0.717, 1.165) is 29.7 Å². The number of tetrazole rings is 1. The van der Waals surface area contributed by atoms with Crippen molar-refractivity contribution in [2.45, 2.75) is 11.7 Å². The van der Waals surface area contributed by atoms with Crippen molar-refractivity contribution in [3.8, 4) is 5.69 Å². The first-order valence-corrected chi connectivity index (χ1v) is 7.98. The molecule has 0 bridgehead atoms. The number of hydrogen-bond acceptors (Lipinski definition) is 6. The van der Waals surface area contributed by atoms with Crippen LogP contribution in [-0.2, 0) is 6.54 Å². The Labute approximate surface area is 145 Å². The summed E-state index contributed by atoms with van der Waals surface area (Å²) in [5.74, 6) is 0.896. The average Bonchev–Trinajstić information content (AvgIpc) is 3.05. The maximum atomic E-state index is 4.09. The monoisotopic (exact) mass is 347 g/mol. The third-order valence-electron chi connectivity index (χ3n) is 3.00. The number of hydrogen-bond donors (Lipinski definition) is 1. The van der Waals surface area contributed by atoms with Crippen molar-refractivity contribution >= 4 is 11.8 Å². The van der Waals surface area contributed by atoms with Crippen LogP contribution in [0.3, 0.4) is 0 Å². The van der Waals surface area contributed by atoms with Crippen molar-refractivity contribution in [2.75, 3.05) is 12.3 Å². The maximum absolute atomic E-state index is 4.09. The molecule has 6 nitrogen and oxygen atoms in total. The molecular formula is C15H16ClN6S-. The van der Waals surface area contributed by atoms with Crippen molar-refractivity contribution in [1.82, 2.24) is 30.5 Å². The molecule has 0 atom stereocenters. The third-order valence-corrected chi connectivity index (χ3v) is 3.92. The van der Waals surface area contributed by atoms with Crippen LogP contribution in [0, 0.1) is 0 Å². The van der Waals surface area contributed by atoms with Crippen LogP contribution in [0.15, 0.2) is 60.0 Å². The van der Waals surface area contributed by atoms with Gasteiger partial charge in [0.1, 0.15) is 0 Å². The lowest BCUT2D eigenvalue weighted by Crippen LogP contribution is -3.00. The Kier molecular flexibility index (Phi) is 6.99. The number of nitrogens with zero attached hydrogens (tertiary/aromatic N) is 5. The molecule has 23 heavy (non-hydrogen) atoms. The molecule has 0 aliphatic carbocycles. The smallest absolute Gasteiger partial charge is 0.214 e. The molecule has 0 spiro atoms. The molecular weight excluding hydrogens is 332 g/mol. The van der Waals surface area contributed by atoms with Crippen LogP contribution in [0.2, 0.25) is 0 Å². The molecule has 1 N–H and O–H groups in total. The van der Waals surface area contributed by atoms with Gasteiger partial charge in [0.25, 0.3) is 0 Å². The molecule has 0 radical (unpaired) electrons.